The Labute approximate surface area is 211 Å². The number of carbonyl (C=O) groups excluding carboxylic acids is 2. The van der Waals surface area contributed by atoms with Crippen molar-refractivity contribution in [2.24, 2.45) is 0 Å². The summed E-state index contributed by atoms with van der Waals surface area (Å²) >= 11 is 1.42. The first-order valence-electron chi connectivity index (χ1n) is 12.2. The van der Waals surface area contributed by atoms with E-state index in [2.05, 4.69) is 21.7 Å². The molecule has 182 valence electrons. The van der Waals surface area contributed by atoms with Crippen LogP contribution in [0.1, 0.15) is 64.2 Å². The highest BCUT2D eigenvalue weighted by atomic mass is 32.1. The van der Waals surface area contributed by atoms with Gasteiger partial charge in [-0.15, -0.1) is 11.3 Å². The summed E-state index contributed by atoms with van der Waals surface area (Å²) in [7, 11) is 0. The Morgan fingerprint density at radius 1 is 0.971 bits per heavy atom. The Balaban J connectivity index is 1.67. The number of benzene rings is 2. The van der Waals surface area contributed by atoms with E-state index in [1.165, 1.54) is 16.9 Å². The van der Waals surface area contributed by atoms with Gasteiger partial charge in [0.15, 0.2) is 5.13 Å². The molecule has 7 heteroatoms. The number of carbonyl (C=O) groups is 2. The maximum atomic E-state index is 12.9. The largest absolute Gasteiger partial charge is 0.339 e. The van der Waals surface area contributed by atoms with E-state index < -0.39 is 0 Å². The van der Waals surface area contributed by atoms with Crippen molar-refractivity contribution >= 4 is 33.9 Å². The number of hydrogen-bond donors (Lipinski definition) is 2. The molecule has 0 aliphatic carbocycles. The van der Waals surface area contributed by atoms with Crippen LogP contribution in [0.2, 0.25) is 0 Å². The first kappa shape index (κ1) is 24.8. The second-order valence-corrected chi connectivity index (χ2v) is 9.47. The van der Waals surface area contributed by atoms with Crippen LogP contribution in [0.3, 0.4) is 0 Å². The summed E-state index contributed by atoms with van der Waals surface area (Å²) in [4.78, 5) is 31.9. The van der Waals surface area contributed by atoms with Crippen LogP contribution in [0.4, 0.5) is 5.13 Å². The van der Waals surface area contributed by atoms with E-state index in [1.54, 1.807) is 0 Å². The van der Waals surface area contributed by atoms with Crippen molar-refractivity contribution in [3.63, 3.8) is 0 Å². The lowest BCUT2D eigenvalue weighted by Crippen LogP contribution is -2.30. The van der Waals surface area contributed by atoms with Gasteiger partial charge in [0.1, 0.15) is 0 Å². The molecule has 4 rings (SSSR count). The van der Waals surface area contributed by atoms with Gasteiger partial charge in [-0.3, -0.25) is 14.9 Å². The van der Waals surface area contributed by atoms with Crippen LogP contribution in [-0.4, -0.2) is 47.9 Å². The van der Waals surface area contributed by atoms with Crippen LogP contribution in [-0.2, 0) is 0 Å². The smallest absolute Gasteiger partial charge is 0.257 e. The molecule has 3 aromatic rings. The van der Waals surface area contributed by atoms with Crippen molar-refractivity contribution in [3.8, 4) is 0 Å². The van der Waals surface area contributed by atoms with Gasteiger partial charge < -0.3 is 10.2 Å². The molecule has 0 spiro atoms. The lowest BCUT2D eigenvalue weighted by molar-refractivity contribution is 0.0772. The number of aryl methyl sites for hydroxylation is 1. The highest BCUT2D eigenvalue weighted by Gasteiger charge is 2.18. The van der Waals surface area contributed by atoms with Gasteiger partial charge in [-0.2, -0.15) is 0 Å². The van der Waals surface area contributed by atoms with Crippen molar-refractivity contribution in [3.05, 3.63) is 87.4 Å². The number of aromatic nitrogens is 1. The van der Waals surface area contributed by atoms with Crippen molar-refractivity contribution in [2.75, 3.05) is 31.5 Å². The molecular weight excluding hydrogens is 456 g/mol. The molecule has 6 nitrogen and oxygen atoms in total. The predicted molar refractivity (Wildman–Crippen MR) is 143 cm³/mol. The minimum atomic E-state index is -0.170. The summed E-state index contributed by atoms with van der Waals surface area (Å²) in [5.74, 6) is -0.121. The van der Waals surface area contributed by atoms with Gasteiger partial charge >= 0.3 is 0 Å². The van der Waals surface area contributed by atoms with Crippen molar-refractivity contribution in [1.82, 2.24) is 15.2 Å². The second-order valence-electron chi connectivity index (χ2n) is 8.61. The normalized spacial score (nSPS) is 13.4. The lowest BCUT2D eigenvalue weighted by atomic mass is 9.87. The fourth-order valence-electron chi connectivity index (χ4n) is 4.42. The van der Waals surface area contributed by atoms with Crippen LogP contribution in [0, 0.1) is 6.92 Å². The first-order valence-corrected chi connectivity index (χ1v) is 13.0. The summed E-state index contributed by atoms with van der Waals surface area (Å²) in [5, 5.41) is 8.85. The van der Waals surface area contributed by atoms with Crippen molar-refractivity contribution < 1.29 is 9.59 Å². The van der Waals surface area contributed by atoms with Gasteiger partial charge in [-0.1, -0.05) is 29.8 Å². The standard InChI is InChI=1S/C28H32N4O2S/c1-4-32(5-2)27(34)22-11-9-20(10-12-22)25(21-13-15-29-16-14-21)23-7-6-8-24(17-23)26(33)31-28-30-19(3)18-35-28/h6-12,17-18,29H,4-5,13-16H2,1-3H3,(H,30,31,33). The lowest BCUT2D eigenvalue weighted by Gasteiger charge is -2.22. The van der Waals surface area contributed by atoms with Crippen LogP contribution >= 0.6 is 11.3 Å². The zero-order valence-electron chi connectivity index (χ0n) is 20.6. The van der Waals surface area contributed by atoms with E-state index in [0.29, 0.717) is 29.3 Å². The van der Waals surface area contributed by atoms with Crippen LogP contribution < -0.4 is 10.6 Å². The molecule has 0 saturated carbocycles. The minimum absolute atomic E-state index is 0.0497. The van der Waals surface area contributed by atoms with Gasteiger partial charge in [0, 0.05) is 29.6 Å². The van der Waals surface area contributed by atoms with E-state index in [4.69, 9.17) is 0 Å². The van der Waals surface area contributed by atoms with Gasteiger partial charge in [0.25, 0.3) is 11.8 Å². The Bertz CT molecular complexity index is 1220. The fourth-order valence-corrected chi connectivity index (χ4v) is 5.11. The molecule has 1 fully saturated rings. The number of nitrogens with zero attached hydrogens (tertiary/aromatic N) is 2. The average Bonchev–Trinajstić information content (AvgIpc) is 3.30. The summed E-state index contributed by atoms with van der Waals surface area (Å²) in [6, 6.07) is 15.7. The summed E-state index contributed by atoms with van der Waals surface area (Å²) < 4.78 is 0. The summed E-state index contributed by atoms with van der Waals surface area (Å²) in [5.41, 5.74) is 6.75. The van der Waals surface area contributed by atoms with Gasteiger partial charge in [0.2, 0.25) is 0 Å². The molecular formula is C28H32N4O2S. The monoisotopic (exact) mass is 488 g/mol. The molecule has 35 heavy (non-hydrogen) atoms. The van der Waals surface area contributed by atoms with Crippen LogP contribution in [0.5, 0.6) is 0 Å². The predicted octanol–water partition coefficient (Wildman–Crippen LogP) is 5.37. The summed E-state index contributed by atoms with van der Waals surface area (Å²) in [6.07, 6.45) is 1.90. The minimum Gasteiger partial charge on any atom is -0.339 e. The van der Waals surface area contributed by atoms with Gasteiger partial charge in [-0.05, 0) is 87.7 Å². The molecule has 0 unspecified atom stereocenters. The van der Waals surface area contributed by atoms with E-state index in [1.807, 2.05) is 73.5 Å². The molecule has 0 bridgehead atoms. The number of nitrogens with one attached hydrogen (secondary N) is 2. The highest BCUT2D eigenvalue weighted by molar-refractivity contribution is 7.13. The number of anilines is 1. The molecule has 2 aromatic carbocycles. The Morgan fingerprint density at radius 3 is 2.26 bits per heavy atom. The Kier molecular flexibility index (Phi) is 8.10. The molecule has 0 radical (unpaired) electrons. The van der Waals surface area contributed by atoms with Crippen LogP contribution in [0.15, 0.2) is 59.5 Å². The quantitative estimate of drug-likeness (QED) is 0.469. The van der Waals surface area contributed by atoms with E-state index in [9.17, 15) is 9.59 Å². The first-order chi connectivity index (χ1) is 17.0. The third-order valence-corrected chi connectivity index (χ3v) is 7.16. The molecule has 1 saturated heterocycles. The third-order valence-electron chi connectivity index (χ3n) is 6.28. The van der Waals surface area contributed by atoms with E-state index in [-0.39, 0.29) is 11.8 Å². The number of amides is 2. The van der Waals surface area contributed by atoms with Gasteiger partial charge in [0.05, 0.1) is 5.69 Å². The summed E-state index contributed by atoms with van der Waals surface area (Å²) in [6.45, 7) is 9.14. The number of hydrogen-bond acceptors (Lipinski definition) is 5. The number of thiazole rings is 1. The third kappa shape index (κ3) is 5.86. The molecule has 2 heterocycles. The zero-order valence-corrected chi connectivity index (χ0v) is 21.4. The second kappa shape index (κ2) is 11.4. The van der Waals surface area contributed by atoms with E-state index in [0.717, 1.165) is 48.3 Å². The molecule has 1 aliphatic heterocycles. The maximum Gasteiger partial charge on any atom is 0.257 e. The number of piperidine rings is 1. The topological polar surface area (TPSA) is 74.3 Å². The molecule has 2 amide bonds. The SMILES string of the molecule is CCN(CC)C(=O)c1ccc(C(=C2CCNCC2)c2cccc(C(=O)Nc3nc(C)cs3)c2)cc1. The Hall–Kier alpha value is -3.29. The fraction of sp³-hybridized carbons (Fsp3) is 0.321. The Morgan fingerprint density at radius 2 is 1.63 bits per heavy atom. The molecule has 1 aliphatic rings. The molecule has 1 aromatic heterocycles. The maximum absolute atomic E-state index is 12.9. The molecule has 0 atom stereocenters. The number of rotatable bonds is 7. The highest BCUT2D eigenvalue weighted by Crippen LogP contribution is 2.32. The van der Waals surface area contributed by atoms with Crippen LogP contribution in [0.25, 0.3) is 5.57 Å². The molecule has 2 N–H and O–H groups in total. The van der Waals surface area contributed by atoms with E-state index >= 15 is 0 Å². The zero-order chi connectivity index (χ0) is 24.8. The van der Waals surface area contributed by atoms with Gasteiger partial charge in [-0.25, -0.2) is 4.98 Å². The average molecular weight is 489 g/mol. The van der Waals surface area contributed by atoms with Crippen molar-refractivity contribution in [1.29, 1.82) is 0 Å². The van der Waals surface area contributed by atoms with Crippen molar-refractivity contribution in [2.45, 2.75) is 33.6 Å².